The molecule has 0 aliphatic rings. The third-order valence-corrected chi connectivity index (χ3v) is 9.64. The summed E-state index contributed by atoms with van der Waals surface area (Å²) >= 11 is 0. The molecule has 0 aromatic rings. The van der Waals surface area contributed by atoms with E-state index in [1.807, 2.05) is 0 Å². The van der Waals surface area contributed by atoms with Crippen LogP contribution >= 0.6 is 0 Å². The lowest BCUT2D eigenvalue weighted by Gasteiger charge is -2.38. The van der Waals surface area contributed by atoms with E-state index in [2.05, 4.69) is 52.6 Å². The lowest BCUT2D eigenvalue weighted by Crippen LogP contribution is -2.43. The topological polar surface area (TPSA) is 29.5 Å². The predicted molar refractivity (Wildman–Crippen MR) is 109 cm³/mol. The van der Waals surface area contributed by atoms with Gasteiger partial charge < -0.3 is 9.53 Å². The lowest BCUT2D eigenvalue weighted by molar-refractivity contribution is 0.218. The van der Waals surface area contributed by atoms with Gasteiger partial charge in [0, 0.05) is 0 Å². The Morgan fingerprint density at radius 2 is 1.42 bits per heavy atom. The van der Waals surface area contributed by atoms with E-state index < -0.39 is 8.32 Å². The standard InChI is InChI=1S/C21H42O2Si/c1-7-8-9-10-11-12-13-14-15-17-20(18-16-19-22)23-24(5,6)21(2,3)4/h20,22H,7-15,17,19H2,1-6H3. The van der Waals surface area contributed by atoms with Gasteiger partial charge in [-0.3, -0.25) is 0 Å². The molecule has 24 heavy (non-hydrogen) atoms. The van der Waals surface area contributed by atoms with Gasteiger partial charge in [-0.05, 0) is 31.0 Å². The molecule has 142 valence electrons. The molecule has 0 aromatic carbocycles. The number of hydrogen-bond donors (Lipinski definition) is 1. The van der Waals surface area contributed by atoms with Crippen molar-refractivity contribution in [2.24, 2.45) is 0 Å². The van der Waals surface area contributed by atoms with Gasteiger partial charge in [-0.2, -0.15) is 0 Å². The van der Waals surface area contributed by atoms with E-state index in [1.54, 1.807) is 0 Å². The molecule has 0 saturated heterocycles. The Bertz CT molecular complexity index is 360. The van der Waals surface area contributed by atoms with Gasteiger partial charge in [-0.1, -0.05) is 90.9 Å². The molecule has 0 aliphatic carbocycles. The number of aliphatic hydroxyl groups excluding tert-OH is 1. The van der Waals surface area contributed by atoms with E-state index in [9.17, 15) is 0 Å². The highest BCUT2D eigenvalue weighted by atomic mass is 28.4. The Labute approximate surface area is 152 Å². The molecule has 0 bridgehead atoms. The highest BCUT2D eigenvalue weighted by Gasteiger charge is 2.38. The van der Waals surface area contributed by atoms with Crippen LogP contribution in [0.3, 0.4) is 0 Å². The largest absolute Gasteiger partial charge is 0.403 e. The zero-order valence-corrected chi connectivity index (χ0v) is 18.2. The third kappa shape index (κ3) is 11.3. The zero-order valence-electron chi connectivity index (χ0n) is 17.2. The molecule has 0 heterocycles. The van der Waals surface area contributed by atoms with Crippen LogP contribution in [-0.2, 0) is 4.43 Å². The smallest absolute Gasteiger partial charge is 0.193 e. The number of aliphatic hydroxyl groups is 1. The minimum absolute atomic E-state index is 0.0115. The third-order valence-electron chi connectivity index (χ3n) is 5.16. The molecule has 0 rings (SSSR count). The van der Waals surface area contributed by atoms with Crippen LogP contribution in [0.4, 0.5) is 0 Å². The van der Waals surface area contributed by atoms with Crippen molar-refractivity contribution in [3.8, 4) is 11.8 Å². The molecular weight excluding hydrogens is 312 g/mol. The molecule has 1 unspecified atom stereocenters. The van der Waals surface area contributed by atoms with Gasteiger partial charge in [0.2, 0.25) is 0 Å². The van der Waals surface area contributed by atoms with Gasteiger partial charge in [0.1, 0.15) is 12.7 Å². The minimum atomic E-state index is -1.80. The average Bonchev–Trinajstić information content (AvgIpc) is 2.49. The van der Waals surface area contributed by atoms with Gasteiger partial charge >= 0.3 is 0 Å². The van der Waals surface area contributed by atoms with Crippen molar-refractivity contribution in [1.29, 1.82) is 0 Å². The summed E-state index contributed by atoms with van der Waals surface area (Å²) in [5.41, 5.74) is 0. The highest BCUT2D eigenvalue weighted by molar-refractivity contribution is 6.74. The monoisotopic (exact) mass is 354 g/mol. The summed E-state index contributed by atoms with van der Waals surface area (Å²) < 4.78 is 6.43. The second-order valence-electron chi connectivity index (χ2n) is 8.46. The van der Waals surface area contributed by atoms with Crippen molar-refractivity contribution in [3.63, 3.8) is 0 Å². The molecule has 1 atom stereocenters. The summed E-state index contributed by atoms with van der Waals surface area (Å²) in [6.07, 6.45) is 13.0. The van der Waals surface area contributed by atoms with E-state index in [1.165, 1.54) is 57.8 Å². The predicted octanol–water partition coefficient (Wildman–Crippen LogP) is 6.29. The van der Waals surface area contributed by atoms with Crippen molar-refractivity contribution < 1.29 is 9.53 Å². The molecule has 0 radical (unpaired) electrons. The van der Waals surface area contributed by atoms with Crippen LogP contribution in [0.1, 0.15) is 91.9 Å². The van der Waals surface area contributed by atoms with Crippen LogP contribution < -0.4 is 0 Å². The second-order valence-corrected chi connectivity index (χ2v) is 13.2. The Hall–Kier alpha value is -0.303. The van der Waals surface area contributed by atoms with Crippen LogP contribution in [0.2, 0.25) is 18.1 Å². The Kier molecular flexibility index (Phi) is 12.8. The first-order valence-corrected chi connectivity index (χ1v) is 12.9. The van der Waals surface area contributed by atoms with E-state index in [0.717, 1.165) is 6.42 Å². The molecular formula is C21H42O2Si. The van der Waals surface area contributed by atoms with Gasteiger partial charge in [-0.25, -0.2) is 0 Å². The first-order chi connectivity index (χ1) is 11.2. The Balaban J connectivity index is 4.09. The van der Waals surface area contributed by atoms with Crippen LogP contribution in [0, 0.1) is 11.8 Å². The molecule has 2 nitrogen and oxygen atoms in total. The normalized spacial score (nSPS) is 13.5. The molecule has 0 amide bonds. The van der Waals surface area contributed by atoms with Gasteiger partial charge in [0.15, 0.2) is 8.32 Å². The first kappa shape index (κ1) is 23.7. The second kappa shape index (κ2) is 13.0. The molecule has 0 aromatic heterocycles. The summed E-state index contributed by atoms with van der Waals surface area (Å²) in [6.45, 7) is 13.5. The van der Waals surface area contributed by atoms with Gasteiger partial charge in [0.05, 0.1) is 0 Å². The Morgan fingerprint density at radius 3 is 1.88 bits per heavy atom. The van der Waals surface area contributed by atoms with Crippen LogP contribution in [0.15, 0.2) is 0 Å². The van der Waals surface area contributed by atoms with Crippen molar-refractivity contribution in [2.45, 2.75) is 116 Å². The maximum Gasteiger partial charge on any atom is 0.193 e. The summed E-state index contributed by atoms with van der Waals surface area (Å²) in [4.78, 5) is 0. The average molecular weight is 355 g/mol. The van der Waals surface area contributed by atoms with Crippen LogP contribution in [0.5, 0.6) is 0 Å². The van der Waals surface area contributed by atoms with Crippen molar-refractivity contribution in [3.05, 3.63) is 0 Å². The fourth-order valence-electron chi connectivity index (χ4n) is 2.49. The van der Waals surface area contributed by atoms with Crippen LogP contribution in [0.25, 0.3) is 0 Å². The number of hydrogen-bond acceptors (Lipinski definition) is 2. The molecule has 0 spiro atoms. The van der Waals surface area contributed by atoms with Crippen molar-refractivity contribution >= 4 is 8.32 Å². The van der Waals surface area contributed by atoms with E-state index >= 15 is 0 Å². The zero-order chi connectivity index (χ0) is 18.5. The number of rotatable bonds is 12. The Morgan fingerprint density at radius 1 is 0.917 bits per heavy atom. The van der Waals surface area contributed by atoms with Crippen LogP contribution in [-0.4, -0.2) is 26.1 Å². The lowest BCUT2D eigenvalue weighted by atomic mass is 10.1. The molecule has 0 saturated carbocycles. The maximum absolute atomic E-state index is 8.99. The maximum atomic E-state index is 8.99. The van der Waals surface area contributed by atoms with Crippen molar-refractivity contribution in [2.75, 3.05) is 6.61 Å². The fourth-order valence-corrected chi connectivity index (χ4v) is 3.73. The minimum Gasteiger partial charge on any atom is -0.403 e. The summed E-state index contributed by atoms with van der Waals surface area (Å²) in [6, 6.07) is 0. The fraction of sp³-hybridized carbons (Fsp3) is 0.905. The van der Waals surface area contributed by atoms with Gasteiger partial charge in [0.25, 0.3) is 0 Å². The summed E-state index contributed by atoms with van der Waals surface area (Å²) in [5.74, 6) is 5.94. The van der Waals surface area contributed by atoms with Crippen molar-refractivity contribution in [1.82, 2.24) is 0 Å². The summed E-state index contributed by atoms with van der Waals surface area (Å²) in [7, 11) is -1.80. The SMILES string of the molecule is CCCCCCCCCCCC(C#CCO)O[Si](C)(C)C(C)(C)C. The molecule has 3 heteroatoms. The summed E-state index contributed by atoms with van der Waals surface area (Å²) in [5, 5.41) is 9.18. The number of unbranched alkanes of at least 4 members (excludes halogenated alkanes) is 8. The first-order valence-electron chi connectivity index (χ1n) is 10.0. The molecule has 1 N–H and O–H groups in total. The van der Waals surface area contributed by atoms with Gasteiger partial charge in [-0.15, -0.1) is 0 Å². The van der Waals surface area contributed by atoms with E-state index in [4.69, 9.17) is 9.53 Å². The molecule has 0 fully saturated rings. The molecule has 0 aliphatic heterocycles. The quantitative estimate of drug-likeness (QED) is 0.253. The highest BCUT2D eigenvalue weighted by Crippen LogP contribution is 2.37. The van der Waals surface area contributed by atoms with E-state index in [0.29, 0.717) is 0 Å². The van der Waals surface area contributed by atoms with E-state index in [-0.39, 0.29) is 17.7 Å².